The van der Waals surface area contributed by atoms with Gasteiger partial charge in [-0.15, -0.1) is 0 Å². The van der Waals surface area contributed by atoms with Crippen LogP contribution in [0.15, 0.2) is 24.3 Å². The summed E-state index contributed by atoms with van der Waals surface area (Å²) in [4.78, 5) is 22.4. The van der Waals surface area contributed by atoms with Crippen molar-refractivity contribution in [2.45, 2.75) is 31.7 Å². The van der Waals surface area contributed by atoms with E-state index in [2.05, 4.69) is 5.32 Å². The number of benzene rings is 1. The lowest BCUT2D eigenvalue weighted by Crippen LogP contribution is -2.48. The van der Waals surface area contributed by atoms with E-state index in [4.69, 9.17) is 5.11 Å². The molecule has 0 radical (unpaired) electrons. The predicted molar refractivity (Wildman–Crippen MR) is 66.4 cm³/mol. The molecule has 21 heavy (non-hydrogen) atoms. The molecule has 0 spiro atoms. The number of hydrogen-bond donors (Lipinski definition) is 3. The van der Waals surface area contributed by atoms with E-state index in [1.807, 2.05) is 0 Å². The summed E-state index contributed by atoms with van der Waals surface area (Å²) in [5, 5.41) is 20.1. The van der Waals surface area contributed by atoms with Crippen LogP contribution in [0.3, 0.4) is 0 Å². The van der Waals surface area contributed by atoms with Crippen LogP contribution in [-0.2, 0) is 22.2 Å². The lowest BCUT2D eigenvalue weighted by atomic mass is 10.1. The summed E-state index contributed by atoms with van der Waals surface area (Å²) in [7, 11) is 0. The molecule has 0 aliphatic rings. The van der Waals surface area contributed by atoms with Gasteiger partial charge in [-0.3, -0.25) is 4.79 Å². The number of alkyl halides is 3. The number of carbonyl (C=O) groups excluding carboxylic acids is 1. The molecular weight excluding hydrogens is 291 g/mol. The molecule has 8 heteroatoms. The molecule has 2 unspecified atom stereocenters. The summed E-state index contributed by atoms with van der Waals surface area (Å²) in [6.45, 7) is 1.21. The minimum Gasteiger partial charge on any atom is -0.480 e. The summed E-state index contributed by atoms with van der Waals surface area (Å²) < 4.78 is 37.1. The zero-order valence-corrected chi connectivity index (χ0v) is 11.0. The Balaban J connectivity index is 2.69. The van der Waals surface area contributed by atoms with E-state index in [0.717, 1.165) is 24.3 Å². The average molecular weight is 305 g/mol. The lowest BCUT2D eigenvalue weighted by Gasteiger charge is -2.17. The third kappa shape index (κ3) is 5.07. The van der Waals surface area contributed by atoms with Crippen molar-refractivity contribution < 1.29 is 33.0 Å². The highest BCUT2D eigenvalue weighted by Gasteiger charge is 2.30. The molecule has 1 amide bonds. The second kappa shape index (κ2) is 6.57. The number of rotatable bonds is 5. The topological polar surface area (TPSA) is 86.6 Å². The van der Waals surface area contributed by atoms with Crippen molar-refractivity contribution in [2.24, 2.45) is 0 Å². The molecule has 2 atom stereocenters. The minimum atomic E-state index is -4.46. The molecule has 0 bridgehead atoms. The standard InChI is InChI=1S/C13H14F3NO4/c1-7(18)11(12(20)21)17-10(19)6-8-2-4-9(5-3-8)13(14,15)16/h2-5,7,11,18H,6H2,1H3,(H,17,19)(H,20,21). The molecule has 1 aromatic rings. The van der Waals surface area contributed by atoms with E-state index in [1.165, 1.54) is 6.92 Å². The Morgan fingerprint density at radius 1 is 1.24 bits per heavy atom. The monoisotopic (exact) mass is 305 g/mol. The van der Waals surface area contributed by atoms with E-state index in [-0.39, 0.29) is 6.42 Å². The number of aliphatic carboxylic acids is 1. The largest absolute Gasteiger partial charge is 0.480 e. The van der Waals surface area contributed by atoms with Gasteiger partial charge in [0.15, 0.2) is 6.04 Å². The van der Waals surface area contributed by atoms with Gasteiger partial charge in [-0.2, -0.15) is 13.2 Å². The number of carboxylic acid groups (broad SMARTS) is 1. The fourth-order valence-electron chi connectivity index (χ4n) is 1.61. The average Bonchev–Trinajstić information content (AvgIpc) is 2.34. The summed E-state index contributed by atoms with van der Waals surface area (Å²) in [5.41, 5.74) is -0.533. The van der Waals surface area contributed by atoms with Gasteiger partial charge >= 0.3 is 12.1 Å². The van der Waals surface area contributed by atoms with Gasteiger partial charge in [0.05, 0.1) is 18.1 Å². The highest BCUT2D eigenvalue weighted by molar-refractivity contribution is 5.85. The van der Waals surface area contributed by atoms with Crippen molar-refractivity contribution in [3.63, 3.8) is 0 Å². The first-order valence-corrected chi connectivity index (χ1v) is 5.97. The molecule has 0 aliphatic heterocycles. The van der Waals surface area contributed by atoms with Gasteiger partial charge in [0.2, 0.25) is 5.91 Å². The molecule has 0 aliphatic carbocycles. The number of carboxylic acids is 1. The van der Waals surface area contributed by atoms with Gasteiger partial charge < -0.3 is 15.5 Å². The van der Waals surface area contributed by atoms with Crippen molar-refractivity contribution in [1.82, 2.24) is 5.32 Å². The van der Waals surface area contributed by atoms with Crippen molar-refractivity contribution in [3.8, 4) is 0 Å². The molecule has 3 N–H and O–H groups in total. The first-order valence-electron chi connectivity index (χ1n) is 5.97. The smallest absolute Gasteiger partial charge is 0.416 e. The minimum absolute atomic E-state index is 0.283. The first kappa shape index (κ1) is 17.0. The molecular formula is C13H14F3NO4. The van der Waals surface area contributed by atoms with Crippen LogP contribution in [0, 0.1) is 0 Å². The van der Waals surface area contributed by atoms with E-state index < -0.39 is 35.8 Å². The van der Waals surface area contributed by atoms with Gasteiger partial charge in [0.1, 0.15) is 0 Å². The zero-order valence-electron chi connectivity index (χ0n) is 11.0. The van der Waals surface area contributed by atoms with Crippen LogP contribution in [0.4, 0.5) is 13.2 Å². The Morgan fingerprint density at radius 3 is 2.14 bits per heavy atom. The maximum absolute atomic E-state index is 12.4. The Kier molecular flexibility index (Phi) is 5.31. The fraction of sp³-hybridized carbons (Fsp3) is 0.385. The van der Waals surface area contributed by atoms with Crippen LogP contribution in [0.2, 0.25) is 0 Å². The SMILES string of the molecule is CC(O)C(NC(=O)Cc1ccc(C(F)(F)F)cc1)C(=O)O. The van der Waals surface area contributed by atoms with E-state index >= 15 is 0 Å². The van der Waals surface area contributed by atoms with Gasteiger partial charge in [-0.1, -0.05) is 12.1 Å². The van der Waals surface area contributed by atoms with E-state index in [9.17, 15) is 27.9 Å². The summed E-state index contributed by atoms with van der Waals surface area (Å²) in [6.07, 6.45) is -6.03. The quantitative estimate of drug-likeness (QED) is 0.763. The Hall–Kier alpha value is -2.09. The summed E-state index contributed by atoms with van der Waals surface area (Å²) in [6, 6.07) is 2.49. The summed E-state index contributed by atoms with van der Waals surface area (Å²) >= 11 is 0. The van der Waals surface area contributed by atoms with E-state index in [1.54, 1.807) is 0 Å². The molecule has 0 aromatic heterocycles. The highest BCUT2D eigenvalue weighted by atomic mass is 19.4. The van der Waals surface area contributed by atoms with Crippen LogP contribution in [0.25, 0.3) is 0 Å². The van der Waals surface area contributed by atoms with Crippen molar-refractivity contribution in [3.05, 3.63) is 35.4 Å². The maximum atomic E-state index is 12.4. The Bertz CT molecular complexity index is 511. The second-order valence-electron chi connectivity index (χ2n) is 4.50. The highest BCUT2D eigenvalue weighted by Crippen LogP contribution is 2.29. The van der Waals surface area contributed by atoms with Gasteiger partial charge in [-0.25, -0.2) is 4.79 Å². The molecule has 1 rings (SSSR count). The molecule has 0 fully saturated rings. The molecule has 1 aromatic carbocycles. The maximum Gasteiger partial charge on any atom is 0.416 e. The van der Waals surface area contributed by atoms with Gasteiger partial charge in [0, 0.05) is 0 Å². The third-order valence-corrected chi connectivity index (χ3v) is 2.71. The van der Waals surface area contributed by atoms with Crippen LogP contribution in [0.5, 0.6) is 0 Å². The zero-order chi connectivity index (χ0) is 16.2. The number of aliphatic hydroxyl groups excluding tert-OH is 1. The van der Waals surface area contributed by atoms with Gasteiger partial charge in [0.25, 0.3) is 0 Å². The number of nitrogens with one attached hydrogen (secondary N) is 1. The van der Waals surface area contributed by atoms with Crippen LogP contribution < -0.4 is 5.32 Å². The Labute approximate surface area is 118 Å². The lowest BCUT2D eigenvalue weighted by molar-refractivity contribution is -0.144. The molecule has 0 saturated heterocycles. The molecule has 116 valence electrons. The van der Waals surface area contributed by atoms with E-state index in [0.29, 0.717) is 5.56 Å². The van der Waals surface area contributed by atoms with Crippen molar-refractivity contribution in [2.75, 3.05) is 0 Å². The van der Waals surface area contributed by atoms with Crippen LogP contribution in [-0.4, -0.2) is 34.2 Å². The number of carbonyl (C=O) groups is 2. The van der Waals surface area contributed by atoms with Crippen LogP contribution in [0.1, 0.15) is 18.1 Å². The van der Waals surface area contributed by atoms with Crippen molar-refractivity contribution in [1.29, 1.82) is 0 Å². The fourth-order valence-corrected chi connectivity index (χ4v) is 1.61. The predicted octanol–water partition coefficient (Wildman–Crippen LogP) is 1.20. The number of halogens is 3. The molecule has 0 saturated carbocycles. The number of amides is 1. The second-order valence-corrected chi connectivity index (χ2v) is 4.50. The number of hydrogen-bond acceptors (Lipinski definition) is 3. The molecule has 5 nitrogen and oxygen atoms in total. The summed E-state index contributed by atoms with van der Waals surface area (Å²) in [5.74, 6) is -2.10. The number of aliphatic hydroxyl groups is 1. The third-order valence-electron chi connectivity index (χ3n) is 2.71. The van der Waals surface area contributed by atoms with Gasteiger partial charge in [-0.05, 0) is 24.6 Å². The van der Waals surface area contributed by atoms with Crippen molar-refractivity contribution >= 4 is 11.9 Å². The molecule has 0 heterocycles. The normalized spacial score (nSPS) is 14.3. The van der Waals surface area contributed by atoms with Crippen LogP contribution >= 0.6 is 0 Å². The Morgan fingerprint density at radius 2 is 1.76 bits per heavy atom. The first-order chi connectivity index (χ1) is 9.61.